The van der Waals surface area contributed by atoms with Crippen LogP contribution in [0.1, 0.15) is 78.1 Å². The Hall–Kier alpha value is 1.57. The Bertz CT molecular complexity index is 220. The third-order valence-electron chi connectivity index (χ3n) is 3.81. The summed E-state index contributed by atoms with van der Waals surface area (Å²) in [4.78, 5) is 0. The molecule has 5 heteroatoms. The molecule has 1 atom stereocenters. The van der Waals surface area contributed by atoms with E-state index in [-0.39, 0.29) is 5.25 Å². The van der Waals surface area contributed by atoms with Crippen molar-refractivity contribution in [2.75, 3.05) is 6.26 Å². The zero-order valence-electron chi connectivity index (χ0n) is 13.7. The van der Waals surface area contributed by atoms with Crippen molar-refractivity contribution in [1.29, 1.82) is 0 Å². The first-order valence-electron chi connectivity index (χ1n) is 8.23. The second-order valence-corrected chi connectivity index (χ2v) is 10.7. The minimum atomic E-state index is -1.16. The molecule has 0 unspecified atom stereocenters. The van der Waals surface area contributed by atoms with Gasteiger partial charge in [0.25, 0.3) is 0 Å². The van der Waals surface area contributed by atoms with Crippen molar-refractivity contribution in [1.82, 2.24) is 0 Å². The van der Waals surface area contributed by atoms with Crippen molar-refractivity contribution < 1.29 is 0 Å². The molecule has 0 N–H and O–H groups in total. The zero-order valence-corrected chi connectivity index (χ0v) is 17.6. The minimum absolute atomic E-state index is 0.0979. The topological polar surface area (TPSA) is 0 Å². The molecule has 0 saturated carbocycles. The van der Waals surface area contributed by atoms with Gasteiger partial charge in [-0.2, -0.15) is 0 Å². The van der Waals surface area contributed by atoms with Gasteiger partial charge in [0.05, 0.1) is 5.25 Å². The third kappa shape index (κ3) is 11.7. The zero-order chi connectivity index (χ0) is 16.1. The Balaban J connectivity index is 4.48. The highest BCUT2D eigenvalue weighted by molar-refractivity contribution is 8.76. The van der Waals surface area contributed by atoms with Gasteiger partial charge < -0.3 is 0 Å². The quantitative estimate of drug-likeness (QED) is 0.175. The summed E-state index contributed by atoms with van der Waals surface area (Å²) < 4.78 is -1.16. The van der Waals surface area contributed by atoms with E-state index in [0.29, 0.717) is 5.92 Å². The lowest BCUT2D eigenvalue weighted by Crippen LogP contribution is -2.30. The molecule has 0 aliphatic heterocycles. The molecular weight excluding hydrogens is 363 g/mol. The molecule has 0 bridgehead atoms. The molecule has 21 heavy (non-hydrogen) atoms. The summed E-state index contributed by atoms with van der Waals surface area (Å²) in [5.74, 6) is 0.517. The fraction of sp³-hybridized carbons (Fsp3) is 1.00. The van der Waals surface area contributed by atoms with Gasteiger partial charge in [0.2, 0.25) is 3.79 Å². The van der Waals surface area contributed by atoms with Crippen LogP contribution in [-0.4, -0.2) is 15.3 Å². The van der Waals surface area contributed by atoms with Crippen molar-refractivity contribution in [3.8, 4) is 0 Å². The average Bonchev–Trinajstić information content (AvgIpc) is 2.42. The lowest BCUT2D eigenvalue weighted by atomic mass is 9.92. The molecule has 0 aromatic rings. The fourth-order valence-electron chi connectivity index (χ4n) is 2.62. The maximum Gasteiger partial charge on any atom is 0.203 e. The molecule has 128 valence electrons. The van der Waals surface area contributed by atoms with E-state index >= 15 is 0 Å². The minimum Gasteiger partial charge on any atom is -0.0972 e. The van der Waals surface area contributed by atoms with E-state index in [2.05, 4.69) is 20.1 Å². The van der Waals surface area contributed by atoms with Crippen LogP contribution in [0.3, 0.4) is 0 Å². The molecule has 0 aliphatic rings. The van der Waals surface area contributed by atoms with Gasteiger partial charge >= 0.3 is 0 Å². The molecule has 0 radical (unpaired) electrons. The van der Waals surface area contributed by atoms with Crippen molar-refractivity contribution in [2.45, 2.75) is 87.1 Å². The Kier molecular flexibility index (Phi) is 15.0. The fourth-order valence-corrected chi connectivity index (χ4v) is 6.30. The van der Waals surface area contributed by atoms with E-state index in [1.54, 1.807) is 21.6 Å². The Morgan fingerprint density at radius 2 is 1.29 bits per heavy atom. The Labute approximate surface area is 155 Å². The van der Waals surface area contributed by atoms with Crippen LogP contribution in [0, 0.1) is 5.92 Å². The van der Waals surface area contributed by atoms with Crippen molar-refractivity contribution >= 4 is 56.4 Å². The number of unbranched alkanes of at least 4 members (excludes halogenated alkanes) is 6. The predicted molar refractivity (Wildman–Crippen MR) is 106 cm³/mol. The van der Waals surface area contributed by atoms with Crippen LogP contribution in [0.4, 0.5) is 0 Å². The molecule has 0 heterocycles. The van der Waals surface area contributed by atoms with E-state index in [1.807, 2.05) is 0 Å². The van der Waals surface area contributed by atoms with Gasteiger partial charge in [-0.05, 0) is 25.0 Å². The molecule has 0 aromatic carbocycles. The molecule has 0 saturated heterocycles. The van der Waals surface area contributed by atoms with Crippen LogP contribution >= 0.6 is 56.4 Å². The standard InChI is InChI=1S/C16H31Cl3S2/c1-4-6-8-10-12-14(13-11-9-7-5-2)15(21-20-3)16(17,18)19/h14-15H,4-13H2,1-3H3/t15-/m0/s1. The largest absolute Gasteiger partial charge is 0.203 e. The maximum absolute atomic E-state index is 6.25. The summed E-state index contributed by atoms with van der Waals surface area (Å²) in [5.41, 5.74) is 0. The van der Waals surface area contributed by atoms with Gasteiger partial charge in [-0.3, -0.25) is 0 Å². The van der Waals surface area contributed by atoms with Crippen LogP contribution in [-0.2, 0) is 0 Å². The van der Waals surface area contributed by atoms with Crippen molar-refractivity contribution in [3.05, 3.63) is 0 Å². The second-order valence-electron chi connectivity index (χ2n) is 5.68. The van der Waals surface area contributed by atoms with Crippen LogP contribution in [0.2, 0.25) is 0 Å². The molecule has 0 aromatic heterocycles. The van der Waals surface area contributed by atoms with E-state index in [1.165, 1.54) is 64.2 Å². The predicted octanol–water partition coefficient (Wildman–Crippen LogP) is 8.29. The monoisotopic (exact) mass is 392 g/mol. The number of hydrogen-bond donors (Lipinski definition) is 0. The molecular formula is C16H31Cl3S2. The highest BCUT2D eigenvalue weighted by Gasteiger charge is 2.38. The highest BCUT2D eigenvalue weighted by atomic mass is 35.6. The Morgan fingerprint density at radius 1 is 0.810 bits per heavy atom. The van der Waals surface area contributed by atoms with Gasteiger partial charge in [-0.15, -0.1) is 0 Å². The SMILES string of the molecule is CCCCCCC(CCCCCC)[C@H](SSC)C(Cl)(Cl)Cl. The van der Waals surface area contributed by atoms with Crippen LogP contribution in [0.25, 0.3) is 0 Å². The molecule has 0 aliphatic carbocycles. The number of alkyl halides is 3. The normalized spacial score (nSPS) is 13.9. The summed E-state index contributed by atoms with van der Waals surface area (Å²) in [5, 5.41) is 0.0979. The first kappa shape index (κ1) is 22.6. The van der Waals surface area contributed by atoms with Gasteiger partial charge in [-0.1, -0.05) is 122 Å². The van der Waals surface area contributed by atoms with Gasteiger partial charge in [0.15, 0.2) is 0 Å². The summed E-state index contributed by atoms with van der Waals surface area (Å²) in [6.07, 6.45) is 14.8. The number of halogens is 3. The smallest absolute Gasteiger partial charge is 0.0972 e. The summed E-state index contributed by atoms with van der Waals surface area (Å²) in [6, 6.07) is 0. The average molecular weight is 394 g/mol. The lowest BCUT2D eigenvalue weighted by molar-refractivity contribution is 0.396. The van der Waals surface area contributed by atoms with Crippen LogP contribution in [0.5, 0.6) is 0 Å². The second kappa shape index (κ2) is 14.0. The van der Waals surface area contributed by atoms with E-state index < -0.39 is 3.79 Å². The summed E-state index contributed by atoms with van der Waals surface area (Å²) in [6.45, 7) is 4.49. The maximum atomic E-state index is 6.25. The van der Waals surface area contributed by atoms with Crippen LogP contribution in [0.15, 0.2) is 0 Å². The first-order valence-corrected chi connectivity index (χ1v) is 12.0. The van der Waals surface area contributed by atoms with Gasteiger partial charge in [0, 0.05) is 0 Å². The lowest BCUT2D eigenvalue weighted by Gasteiger charge is -2.31. The number of rotatable bonds is 13. The highest BCUT2D eigenvalue weighted by Crippen LogP contribution is 2.47. The third-order valence-corrected chi connectivity index (χ3v) is 7.24. The molecule has 0 spiro atoms. The first-order chi connectivity index (χ1) is 9.97. The number of hydrogen-bond acceptors (Lipinski definition) is 2. The Morgan fingerprint density at radius 3 is 1.62 bits per heavy atom. The van der Waals surface area contributed by atoms with E-state index in [9.17, 15) is 0 Å². The van der Waals surface area contributed by atoms with Crippen molar-refractivity contribution in [3.63, 3.8) is 0 Å². The molecule has 0 amide bonds. The molecule has 0 fully saturated rings. The molecule has 0 nitrogen and oxygen atoms in total. The molecule has 0 rings (SSSR count). The van der Waals surface area contributed by atoms with Crippen molar-refractivity contribution in [2.24, 2.45) is 5.92 Å². The summed E-state index contributed by atoms with van der Waals surface area (Å²) in [7, 11) is 3.46. The summed E-state index contributed by atoms with van der Waals surface area (Å²) >= 11 is 18.7. The van der Waals surface area contributed by atoms with Crippen LogP contribution < -0.4 is 0 Å². The van der Waals surface area contributed by atoms with E-state index in [4.69, 9.17) is 34.8 Å². The van der Waals surface area contributed by atoms with Gasteiger partial charge in [0.1, 0.15) is 0 Å². The van der Waals surface area contributed by atoms with E-state index in [0.717, 1.165) is 0 Å². The van der Waals surface area contributed by atoms with Gasteiger partial charge in [-0.25, -0.2) is 0 Å².